The van der Waals surface area contributed by atoms with Crippen LogP contribution in [-0.2, 0) is 24.7 Å². The van der Waals surface area contributed by atoms with Gasteiger partial charge in [0.05, 0.1) is 28.0 Å². The Bertz CT molecular complexity index is 1300. The van der Waals surface area contributed by atoms with Crippen LogP contribution in [0.1, 0.15) is 27.9 Å². The number of alkyl halides is 3. The van der Waals surface area contributed by atoms with Crippen molar-refractivity contribution >= 4 is 11.6 Å². The molecule has 2 heterocycles. The van der Waals surface area contributed by atoms with Gasteiger partial charge in [0.1, 0.15) is 11.6 Å². The van der Waals surface area contributed by atoms with Gasteiger partial charge >= 0.3 is 6.18 Å². The second kappa shape index (κ2) is 10.1. The van der Waals surface area contributed by atoms with Crippen molar-refractivity contribution in [1.29, 1.82) is 0 Å². The van der Waals surface area contributed by atoms with Crippen LogP contribution < -0.4 is 5.32 Å². The van der Waals surface area contributed by atoms with E-state index in [-0.39, 0.29) is 24.1 Å². The molecule has 0 aliphatic rings. The molecule has 0 spiro atoms. The molecule has 4 rings (SSSR count). The Morgan fingerprint density at radius 1 is 0.857 bits per heavy atom. The van der Waals surface area contributed by atoms with Crippen molar-refractivity contribution in [1.82, 2.24) is 15.3 Å². The normalized spacial score (nSPS) is 13.4. The van der Waals surface area contributed by atoms with Crippen molar-refractivity contribution in [2.75, 3.05) is 0 Å². The first-order chi connectivity index (χ1) is 16.7. The predicted octanol–water partition coefficient (Wildman–Crippen LogP) is 6.70. The lowest BCUT2D eigenvalue weighted by Crippen LogP contribution is -2.46. The van der Waals surface area contributed by atoms with Gasteiger partial charge in [-0.3, -0.25) is 15.3 Å². The third-order valence-electron chi connectivity index (χ3n) is 5.63. The molecule has 1 N–H and O–H groups in total. The number of hydrogen-bond donors (Lipinski definition) is 1. The second-order valence-electron chi connectivity index (χ2n) is 7.98. The molecule has 0 fully saturated rings. The number of halogens is 6. The summed E-state index contributed by atoms with van der Waals surface area (Å²) in [7, 11) is 0. The average Bonchev–Trinajstić information content (AvgIpc) is 2.83. The molecule has 0 aliphatic heterocycles. The first-order valence-electron chi connectivity index (χ1n) is 10.5. The van der Waals surface area contributed by atoms with Crippen LogP contribution in [-0.4, -0.2) is 9.97 Å². The third-order valence-corrected chi connectivity index (χ3v) is 5.86. The highest BCUT2D eigenvalue weighted by atomic mass is 35.5. The monoisotopic (exact) mass is 503 g/mol. The lowest BCUT2D eigenvalue weighted by Gasteiger charge is -2.36. The van der Waals surface area contributed by atoms with Crippen molar-refractivity contribution in [3.05, 3.63) is 130 Å². The number of hydrogen-bond acceptors (Lipinski definition) is 3. The van der Waals surface area contributed by atoms with E-state index in [1.165, 1.54) is 18.5 Å². The number of pyridine rings is 2. The molecule has 0 radical (unpaired) electrons. The van der Waals surface area contributed by atoms with E-state index in [0.717, 1.165) is 23.9 Å². The maximum atomic E-state index is 14.6. The maximum Gasteiger partial charge on any atom is 0.416 e. The predicted molar refractivity (Wildman–Crippen MR) is 123 cm³/mol. The first-order valence-corrected chi connectivity index (χ1v) is 10.9. The molecular formula is C26H19ClF5N3. The van der Waals surface area contributed by atoms with Gasteiger partial charge in [-0.25, -0.2) is 8.78 Å². The van der Waals surface area contributed by atoms with Gasteiger partial charge in [-0.05, 0) is 47.5 Å². The number of rotatable bonds is 7. The summed E-state index contributed by atoms with van der Waals surface area (Å²) in [5, 5.41) is 3.51. The highest BCUT2D eigenvalue weighted by Crippen LogP contribution is 2.38. The van der Waals surface area contributed by atoms with Crippen LogP contribution in [0.3, 0.4) is 0 Å². The molecule has 0 saturated heterocycles. The van der Waals surface area contributed by atoms with Crippen LogP contribution in [0, 0.1) is 11.6 Å². The summed E-state index contributed by atoms with van der Waals surface area (Å²) in [5.41, 5.74) is -1.36. The van der Waals surface area contributed by atoms with Crippen LogP contribution in [0.15, 0.2) is 85.3 Å². The van der Waals surface area contributed by atoms with E-state index in [4.69, 9.17) is 11.6 Å². The molecule has 0 saturated carbocycles. The molecular weight excluding hydrogens is 485 g/mol. The average molecular weight is 504 g/mol. The molecule has 9 heteroatoms. The van der Waals surface area contributed by atoms with E-state index in [0.29, 0.717) is 16.8 Å². The molecule has 0 aliphatic carbocycles. The fraction of sp³-hybridized carbons (Fsp3) is 0.154. The Labute approximate surface area is 203 Å². The van der Waals surface area contributed by atoms with Gasteiger partial charge in [0, 0.05) is 30.9 Å². The lowest BCUT2D eigenvalue weighted by molar-refractivity contribution is -0.137. The van der Waals surface area contributed by atoms with Gasteiger partial charge < -0.3 is 0 Å². The molecule has 3 nitrogen and oxygen atoms in total. The van der Waals surface area contributed by atoms with Crippen molar-refractivity contribution in [3.63, 3.8) is 0 Å². The highest BCUT2D eigenvalue weighted by molar-refractivity contribution is 6.30. The molecule has 35 heavy (non-hydrogen) atoms. The van der Waals surface area contributed by atoms with E-state index in [2.05, 4.69) is 15.3 Å². The maximum absolute atomic E-state index is 14.6. The largest absolute Gasteiger partial charge is 0.416 e. The fourth-order valence-electron chi connectivity index (χ4n) is 3.92. The highest BCUT2D eigenvalue weighted by Gasteiger charge is 2.39. The van der Waals surface area contributed by atoms with Crippen molar-refractivity contribution < 1.29 is 22.0 Å². The van der Waals surface area contributed by atoms with Crippen molar-refractivity contribution in [3.8, 4) is 0 Å². The summed E-state index contributed by atoms with van der Waals surface area (Å²) < 4.78 is 69.9. The van der Waals surface area contributed by atoms with Crippen LogP contribution >= 0.6 is 11.6 Å². The molecule has 0 amide bonds. The van der Waals surface area contributed by atoms with Crippen molar-refractivity contribution in [2.24, 2.45) is 0 Å². The Kier molecular flexibility index (Phi) is 7.14. The Balaban J connectivity index is 1.94. The van der Waals surface area contributed by atoms with Crippen LogP contribution in [0.4, 0.5) is 22.0 Å². The molecule has 180 valence electrons. The van der Waals surface area contributed by atoms with Gasteiger partial charge in [-0.15, -0.1) is 0 Å². The summed E-state index contributed by atoms with van der Waals surface area (Å²) in [6, 6.07) is 15.9. The molecule has 0 bridgehead atoms. The summed E-state index contributed by atoms with van der Waals surface area (Å²) in [6.07, 6.45) is -0.880. The molecule has 1 unspecified atom stereocenters. The van der Waals surface area contributed by atoms with Gasteiger partial charge in [-0.2, -0.15) is 13.2 Å². The van der Waals surface area contributed by atoms with E-state index in [1.807, 2.05) is 0 Å². The zero-order chi connectivity index (χ0) is 25.1. The minimum Gasteiger partial charge on any atom is -0.298 e. The molecule has 2 aromatic carbocycles. The van der Waals surface area contributed by atoms with Crippen LogP contribution in [0.2, 0.25) is 5.02 Å². The molecule has 4 aromatic rings. The minimum absolute atomic E-state index is 0.0158. The summed E-state index contributed by atoms with van der Waals surface area (Å²) in [5.74, 6) is -1.65. The zero-order valence-corrected chi connectivity index (χ0v) is 18.9. The first kappa shape index (κ1) is 24.8. The number of benzene rings is 2. The zero-order valence-electron chi connectivity index (χ0n) is 18.2. The smallest absolute Gasteiger partial charge is 0.298 e. The summed E-state index contributed by atoms with van der Waals surface area (Å²) in [4.78, 5) is 8.10. The van der Waals surface area contributed by atoms with Gasteiger partial charge in [-0.1, -0.05) is 41.9 Å². The SMILES string of the molecule is Fc1cc(C(F)(F)F)cc(C(Cc2ccccc2)(NCc2ccncc2F)c2ccc(Cl)cn2)c1. The Hall–Kier alpha value is -3.36. The standard InChI is InChI=1S/C26H19ClF5N3/c27-21-6-7-24(34-15-21)25(13-17-4-2-1-3-5-17,35-14-18-8-9-33-16-23(18)29)19-10-20(26(30,31)32)12-22(28)11-19/h1-12,15-16,35H,13-14H2. The Morgan fingerprint density at radius 2 is 1.60 bits per heavy atom. The van der Waals surface area contributed by atoms with Gasteiger partial charge in [0.15, 0.2) is 0 Å². The topological polar surface area (TPSA) is 37.8 Å². The van der Waals surface area contributed by atoms with Crippen LogP contribution in [0.25, 0.3) is 0 Å². The number of aromatic nitrogens is 2. The Morgan fingerprint density at radius 3 is 2.26 bits per heavy atom. The molecule has 1 atom stereocenters. The lowest BCUT2D eigenvalue weighted by atomic mass is 9.79. The minimum atomic E-state index is -4.78. The molecule has 2 aromatic heterocycles. The second-order valence-corrected chi connectivity index (χ2v) is 8.41. The third kappa shape index (κ3) is 5.66. The number of nitrogens with zero attached hydrogens (tertiary/aromatic N) is 2. The van der Waals surface area contributed by atoms with Crippen molar-refractivity contribution in [2.45, 2.75) is 24.7 Å². The van der Waals surface area contributed by atoms with Crippen LogP contribution in [0.5, 0.6) is 0 Å². The number of nitrogens with one attached hydrogen (secondary N) is 1. The quantitative estimate of drug-likeness (QED) is 0.285. The fourth-order valence-corrected chi connectivity index (χ4v) is 4.03. The van der Waals surface area contributed by atoms with E-state index >= 15 is 0 Å². The van der Waals surface area contributed by atoms with Gasteiger partial charge in [0.2, 0.25) is 0 Å². The van der Waals surface area contributed by atoms with Gasteiger partial charge in [0.25, 0.3) is 0 Å². The summed E-state index contributed by atoms with van der Waals surface area (Å²) in [6.45, 7) is -0.0939. The van der Waals surface area contributed by atoms with E-state index in [9.17, 15) is 22.0 Å². The summed E-state index contributed by atoms with van der Waals surface area (Å²) >= 11 is 6.02. The van der Waals surface area contributed by atoms with E-state index < -0.39 is 28.9 Å². The van der Waals surface area contributed by atoms with E-state index in [1.54, 1.807) is 42.5 Å².